The third-order valence-corrected chi connectivity index (χ3v) is 4.78. The molecule has 0 unspecified atom stereocenters. The van der Waals surface area contributed by atoms with E-state index in [9.17, 15) is 4.39 Å². The van der Waals surface area contributed by atoms with Gasteiger partial charge in [-0.05, 0) is 52.4 Å². The van der Waals surface area contributed by atoms with E-state index in [1.165, 1.54) is 6.07 Å². The zero-order chi connectivity index (χ0) is 16.7. The summed E-state index contributed by atoms with van der Waals surface area (Å²) in [6.07, 6.45) is 1.91. The van der Waals surface area contributed by atoms with Crippen molar-refractivity contribution in [2.24, 2.45) is 0 Å². The zero-order valence-corrected chi connectivity index (χ0v) is 15.3. The van der Waals surface area contributed by atoms with Crippen LogP contribution in [0, 0.1) is 5.82 Å². The number of benzene rings is 2. The van der Waals surface area contributed by atoms with Gasteiger partial charge in [0.15, 0.2) is 0 Å². The summed E-state index contributed by atoms with van der Waals surface area (Å²) in [5, 5.41) is 14.9. The van der Waals surface area contributed by atoms with Gasteiger partial charge in [-0.15, -0.1) is 0 Å². The van der Waals surface area contributed by atoms with Crippen molar-refractivity contribution in [1.82, 2.24) is 20.2 Å². The number of nitrogens with zero attached hydrogens (tertiary/aromatic N) is 4. The number of allylic oxidation sites excluding steroid dienone is 1. The number of hydrogen-bond acceptors (Lipinski definition) is 4. The summed E-state index contributed by atoms with van der Waals surface area (Å²) in [5.74, 6) is 0.165. The lowest BCUT2D eigenvalue weighted by molar-refractivity contribution is 0.539. The van der Waals surface area contributed by atoms with Gasteiger partial charge in [0.2, 0.25) is 5.95 Å². The van der Waals surface area contributed by atoms with Gasteiger partial charge in [-0.3, -0.25) is 0 Å². The van der Waals surface area contributed by atoms with Crippen LogP contribution in [0.3, 0.4) is 0 Å². The Morgan fingerprint density at radius 3 is 2.58 bits per heavy atom. The molecule has 1 aliphatic heterocycles. The Bertz CT molecular complexity index is 936. The predicted octanol–water partition coefficient (Wildman–Crippen LogP) is 4.39. The van der Waals surface area contributed by atoms with E-state index < -0.39 is 6.04 Å². The molecule has 5 nitrogen and oxygen atoms in total. The second kappa shape index (κ2) is 6.10. The topological polar surface area (TPSA) is 55.6 Å². The van der Waals surface area contributed by atoms with E-state index in [0.717, 1.165) is 20.2 Å². The Balaban J connectivity index is 1.85. The van der Waals surface area contributed by atoms with Crippen LogP contribution >= 0.6 is 31.9 Å². The summed E-state index contributed by atoms with van der Waals surface area (Å²) in [5.41, 5.74) is 2.29. The van der Waals surface area contributed by atoms with E-state index in [2.05, 4.69) is 52.7 Å². The normalized spacial score (nSPS) is 16.3. The molecule has 0 spiro atoms. The van der Waals surface area contributed by atoms with Gasteiger partial charge in [0, 0.05) is 20.2 Å². The molecule has 8 heteroatoms. The van der Waals surface area contributed by atoms with Gasteiger partial charge >= 0.3 is 0 Å². The maximum Gasteiger partial charge on any atom is 0.248 e. The fourth-order valence-corrected chi connectivity index (χ4v) is 3.26. The first-order valence-electron chi connectivity index (χ1n) is 7.09. The summed E-state index contributed by atoms with van der Waals surface area (Å²) in [6.45, 7) is 0. The van der Waals surface area contributed by atoms with Crippen LogP contribution in [0.15, 0.2) is 57.5 Å². The molecule has 2 aromatic carbocycles. The summed E-state index contributed by atoms with van der Waals surface area (Å²) in [4.78, 5) is 0. The van der Waals surface area contributed by atoms with Crippen molar-refractivity contribution < 1.29 is 4.39 Å². The monoisotopic (exact) mass is 449 g/mol. The van der Waals surface area contributed by atoms with E-state index >= 15 is 0 Å². The molecule has 1 aromatic heterocycles. The average Bonchev–Trinajstić information content (AvgIpc) is 3.05. The molecule has 1 aliphatic rings. The predicted molar refractivity (Wildman–Crippen MR) is 95.8 cm³/mol. The summed E-state index contributed by atoms with van der Waals surface area (Å²) in [6, 6.07) is 12.2. The molecule has 120 valence electrons. The molecule has 2 heterocycles. The van der Waals surface area contributed by atoms with E-state index in [-0.39, 0.29) is 5.82 Å². The van der Waals surface area contributed by atoms with E-state index in [4.69, 9.17) is 0 Å². The van der Waals surface area contributed by atoms with Crippen LogP contribution in [0.2, 0.25) is 0 Å². The number of hydrogen-bond donors (Lipinski definition) is 1. The number of halogens is 3. The Kier molecular flexibility index (Phi) is 3.93. The van der Waals surface area contributed by atoms with Crippen LogP contribution in [-0.2, 0) is 0 Å². The van der Waals surface area contributed by atoms with Crippen molar-refractivity contribution in [2.75, 3.05) is 5.32 Å². The second-order valence-corrected chi connectivity index (χ2v) is 7.10. The largest absolute Gasteiger partial charge is 0.323 e. The highest BCUT2D eigenvalue weighted by molar-refractivity contribution is 9.10. The maximum absolute atomic E-state index is 14.4. The minimum atomic E-state index is -0.438. The fourth-order valence-electron chi connectivity index (χ4n) is 2.61. The quantitative estimate of drug-likeness (QED) is 0.628. The molecule has 0 bridgehead atoms. The molecule has 0 saturated heterocycles. The van der Waals surface area contributed by atoms with Crippen molar-refractivity contribution in [3.63, 3.8) is 0 Å². The highest BCUT2D eigenvalue weighted by Gasteiger charge is 2.26. The minimum absolute atomic E-state index is 0.307. The molecule has 24 heavy (non-hydrogen) atoms. The SMILES string of the molecule is Fc1ccc(Br)cc1[C@@H]1C=C(c2ccc(Br)cc2)Nc2nnnn21. The number of anilines is 1. The van der Waals surface area contributed by atoms with Crippen molar-refractivity contribution in [2.45, 2.75) is 6.04 Å². The summed E-state index contributed by atoms with van der Waals surface area (Å²) in [7, 11) is 0. The number of rotatable bonds is 2. The molecule has 1 atom stereocenters. The van der Waals surface area contributed by atoms with Gasteiger partial charge in [0.25, 0.3) is 0 Å². The number of tetrazole rings is 1. The first-order valence-corrected chi connectivity index (χ1v) is 8.68. The van der Waals surface area contributed by atoms with Gasteiger partial charge in [-0.2, -0.15) is 4.68 Å². The molecule has 3 aromatic rings. The van der Waals surface area contributed by atoms with Gasteiger partial charge in [0.1, 0.15) is 11.9 Å². The molecule has 0 saturated carbocycles. The van der Waals surface area contributed by atoms with Crippen LogP contribution in [0.1, 0.15) is 17.2 Å². The van der Waals surface area contributed by atoms with Gasteiger partial charge in [0.05, 0.1) is 0 Å². The third kappa shape index (κ3) is 2.76. The fraction of sp³-hybridized carbons (Fsp3) is 0.0625. The zero-order valence-electron chi connectivity index (χ0n) is 12.1. The van der Waals surface area contributed by atoms with Crippen LogP contribution in [0.25, 0.3) is 5.70 Å². The lowest BCUT2D eigenvalue weighted by Crippen LogP contribution is -2.21. The lowest BCUT2D eigenvalue weighted by atomic mass is 10.0. The molecule has 4 rings (SSSR count). The molecule has 0 fully saturated rings. The minimum Gasteiger partial charge on any atom is -0.323 e. The number of fused-ring (bicyclic) bond motifs is 1. The van der Waals surface area contributed by atoms with Crippen LogP contribution in [0.5, 0.6) is 0 Å². The van der Waals surface area contributed by atoms with Crippen LogP contribution < -0.4 is 5.32 Å². The Morgan fingerprint density at radius 2 is 1.79 bits per heavy atom. The third-order valence-electron chi connectivity index (χ3n) is 3.76. The van der Waals surface area contributed by atoms with Crippen molar-refractivity contribution in [1.29, 1.82) is 0 Å². The maximum atomic E-state index is 14.4. The van der Waals surface area contributed by atoms with Crippen LogP contribution in [-0.4, -0.2) is 20.2 Å². The molecule has 0 aliphatic carbocycles. The molecule has 1 N–H and O–H groups in total. The number of nitrogens with one attached hydrogen (secondary N) is 1. The van der Waals surface area contributed by atoms with E-state index in [1.54, 1.807) is 16.8 Å². The van der Waals surface area contributed by atoms with Gasteiger partial charge in [-0.1, -0.05) is 49.1 Å². The first kappa shape index (κ1) is 15.5. The highest BCUT2D eigenvalue weighted by atomic mass is 79.9. The molecular formula is C16H10Br2FN5. The molecular weight excluding hydrogens is 441 g/mol. The standard InChI is InChI=1S/C16H10Br2FN5/c17-10-3-1-9(2-4-10)14-8-15(24-16(20-14)21-22-23-24)12-7-11(18)5-6-13(12)19/h1-8,15H,(H,20,21,23)/t15-/m0/s1. The Labute approximate surface area is 153 Å². The highest BCUT2D eigenvalue weighted by Crippen LogP contribution is 2.34. The van der Waals surface area contributed by atoms with Crippen molar-refractivity contribution >= 4 is 43.5 Å². The molecule has 0 amide bonds. The summed E-state index contributed by atoms with van der Waals surface area (Å²) >= 11 is 6.82. The second-order valence-electron chi connectivity index (χ2n) is 5.27. The Morgan fingerprint density at radius 1 is 1.04 bits per heavy atom. The first-order chi connectivity index (χ1) is 11.6. The van der Waals surface area contributed by atoms with Gasteiger partial charge < -0.3 is 5.32 Å². The lowest BCUT2D eigenvalue weighted by Gasteiger charge is -2.24. The van der Waals surface area contributed by atoms with Gasteiger partial charge in [-0.25, -0.2) is 4.39 Å². The van der Waals surface area contributed by atoms with Crippen LogP contribution in [0.4, 0.5) is 10.3 Å². The van der Waals surface area contributed by atoms with E-state index in [0.29, 0.717) is 11.5 Å². The Hall–Kier alpha value is -2.06. The average molecular weight is 451 g/mol. The molecule has 0 radical (unpaired) electrons. The van der Waals surface area contributed by atoms with E-state index in [1.807, 2.05) is 30.3 Å². The van der Waals surface area contributed by atoms with Crippen molar-refractivity contribution in [3.05, 3.63) is 74.4 Å². The van der Waals surface area contributed by atoms with Crippen molar-refractivity contribution in [3.8, 4) is 0 Å². The number of aromatic nitrogens is 4. The summed E-state index contributed by atoms with van der Waals surface area (Å²) < 4.78 is 17.7. The smallest absolute Gasteiger partial charge is 0.248 e.